The number of carbonyl (C=O) groups is 1. The van der Waals surface area contributed by atoms with Crippen molar-refractivity contribution in [3.05, 3.63) is 45.9 Å². The Bertz CT molecular complexity index is 683. The molecular weight excluding hydrogens is 349 g/mol. The number of hydrogen-bond acceptors (Lipinski definition) is 3. The minimum atomic E-state index is -4.46. The molecule has 0 bridgehead atoms. The summed E-state index contributed by atoms with van der Waals surface area (Å²) in [5.41, 5.74) is 0.745. The number of benzene rings is 1. The molecule has 0 aliphatic carbocycles. The molecule has 1 aromatic carbocycles. The van der Waals surface area contributed by atoms with Gasteiger partial charge in [-0.15, -0.1) is 0 Å². The van der Waals surface area contributed by atoms with Crippen LogP contribution in [-0.2, 0) is 11.0 Å². The summed E-state index contributed by atoms with van der Waals surface area (Å²) in [7, 11) is 0. The van der Waals surface area contributed by atoms with E-state index in [1.54, 1.807) is 24.3 Å². The molecule has 0 spiro atoms. The van der Waals surface area contributed by atoms with E-state index in [0.717, 1.165) is 5.56 Å². The second-order valence-electron chi connectivity index (χ2n) is 5.29. The van der Waals surface area contributed by atoms with Gasteiger partial charge in [-0.2, -0.15) is 13.2 Å². The summed E-state index contributed by atoms with van der Waals surface area (Å²) < 4.78 is 37.7. The highest BCUT2D eigenvalue weighted by Gasteiger charge is 2.34. The van der Waals surface area contributed by atoms with Crippen LogP contribution in [0.5, 0.6) is 0 Å². The maximum Gasteiger partial charge on any atom is 0.427 e. The summed E-state index contributed by atoms with van der Waals surface area (Å²) >= 11 is 6.24. The fourth-order valence-electron chi connectivity index (χ4n) is 2.16. The first-order valence-corrected chi connectivity index (χ1v) is 7.97. The molecule has 1 amide bonds. The summed E-state index contributed by atoms with van der Waals surface area (Å²) in [6.45, 7) is 3.73. The zero-order chi connectivity index (χ0) is 17.2. The molecule has 2 aromatic rings. The molecule has 2 rings (SSSR count). The van der Waals surface area contributed by atoms with Gasteiger partial charge >= 0.3 is 6.18 Å². The van der Waals surface area contributed by atoms with Gasteiger partial charge in [0.2, 0.25) is 5.91 Å². The summed E-state index contributed by atoms with van der Waals surface area (Å²) in [6, 6.07) is 6.81. The van der Waals surface area contributed by atoms with Gasteiger partial charge in [0.05, 0.1) is 12.1 Å². The molecule has 1 aromatic heterocycles. The van der Waals surface area contributed by atoms with Gasteiger partial charge in [0, 0.05) is 5.02 Å². The quantitative estimate of drug-likeness (QED) is 0.812. The Kier molecular flexibility index (Phi) is 5.31. The average Bonchev–Trinajstić information content (AvgIpc) is 2.89. The normalized spacial score (nSPS) is 13.2. The van der Waals surface area contributed by atoms with Crippen LogP contribution < -0.4 is 5.32 Å². The number of rotatable bonds is 4. The van der Waals surface area contributed by atoms with Crippen LogP contribution in [0.1, 0.15) is 30.2 Å². The van der Waals surface area contributed by atoms with Gasteiger partial charge in [-0.05, 0) is 23.6 Å². The van der Waals surface area contributed by atoms with E-state index in [4.69, 9.17) is 11.6 Å². The lowest BCUT2D eigenvalue weighted by atomic mass is 9.88. The Hall–Kier alpha value is -1.60. The molecule has 0 unspecified atom stereocenters. The highest BCUT2D eigenvalue weighted by atomic mass is 35.5. The van der Waals surface area contributed by atoms with Gasteiger partial charge in [-0.3, -0.25) is 4.79 Å². The van der Waals surface area contributed by atoms with E-state index < -0.39 is 22.9 Å². The predicted octanol–water partition coefficient (Wildman–Crippen LogP) is 5.19. The molecule has 124 valence electrons. The first-order valence-electron chi connectivity index (χ1n) is 6.78. The molecule has 1 atom stereocenters. The molecule has 1 heterocycles. The van der Waals surface area contributed by atoms with E-state index in [9.17, 15) is 18.0 Å². The van der Waals surface area contributed by atoms with Crippen molar-refractivity contribution in [3.8, 4) is 0 Å². The second kappa shape index (κ2) is 6.88. The lowest BCUT2D eigenvalue weighted by molar-refractivity contribution is -0.134. The number of nitrogens with one attached hydrogen (secondary N) is 1. The van der Waals surface area contributed by atoms with Crippen LogP contribution in [0.25, 0.3) is 0 Å². The maximum atomic E-state index is 12.6. The van der Waals surface area contributed by atoms with Crippen LogP contribution in [0.15, 0.2) is 30.5 Å². The molecular formula is C15H14ClF3N2OS. The summed E-state index contributed by atoms with van der Waals surface area (Å²) in [6.07, 6.45) is -3.75. The average molecular weight is 363 g/mol. The van der Waals surface area contributed by atoms with Crippen LogP contribution in [0.3, 0.4) is 0 Å². The van der Waals surface area contributed by atoms with E-state index in [2.05, 4.69) is 10.3 Å². The topological polar surface area (TPSA) is 42.0 Å². The molecule has 0 fully saturated rings. The Balaban J connectivity index is 2.19. The lowest BCUT2D eigenvalue weighted by Gasteiger charge is -2.20. The summed E-state index contributed by atoms with van der Waals surface area (Å²) in [5, 5.41) is 2.94. The molecule has 1 N–H and O–H groups in total. The monoisotopic (exact) mass is 362 g/mol. The molecule has 0 aliphatic rings. The van der Waals surface area contributed by atoms with Crippen LogP contribution in [0, 0.1) is 5.92 Å². The molecule has 0 saturated heterocycles. The van der Waals surface area contributed by atoms with E-state index in [1.165, 1.54) is 0 Å². The number of nitrogens with zero attached hydrogens (tertiary/aromatic N) is 1. The van der Waals surface area contributed by atoms with Gasteiger partial charge in [0.1, 0.15) is 4.88 Å². The number of carbonyl (C=O) groups excluding carboxylic acids is 1. The third kappa shape index (κ3) is 4.45. The van der Waals surface area contributed by atoms with Gasteiger partial charge < -0.3 is 5.32 Å². The summed E-state index contributed by atoms with van der Waals surface area (Å²) in [4.78, 5) is 15.2. The van der Waals surface area contributed by atoms with E-state index in [-0.39, 0.29) is 11.0 Å². The Morgan fingerprint density at radius 3 is 2.35 bits per heavy atom. The number of anilines is 1. The van der Waals surface area contributed by atoms with Crippen molar-refractivity contribution in [3.63, 3.8) is 0 Å². The van der Waals surface area contributed by atoms with Crippen LogP contribution in [0.4, 0.5) is 18.3 Å². The number of halogens is 4. The first kappa shape index (κ1) is 17.7. The van der Waals surface area contributed by atoms with Crippen LogP contribution in [0.2, 0.25) is 5.02 Å². The van der Waals surface area contributed by atoms with Crippen molar-refractivity contribution in [2.75, 3.05) is 5.32 Å². The molecule has 0 aliphatic heterocycles. The van der Waals surface area contributed by atoms with E-state index in [1.807, 2.05) is 13.8 Å². The zero-order valence-corrected chi connectivity index (χ0v) is 13.9. The maximum absolute atomic E-state index is 12.6. The fraction of sp³-hybridized carbons (Fsp3) is 0.333. The molecule has 23 heavy (non-hydrogen) atoms. The molecule has 3 nitrogen and oxygen atoms in total. The van der Waals surface area contributed by atoms with Gasteiger partial charge in [0.15, 0.2) is 5.13 Å². The van der Waals surface area contributed by atoms with E-state index >= 15 is 0 Å². The number of aromatic nitrogens is 1. The number of thiazole rings is 1. The smallest absolute Gasteiger partial charge is 0.301 e. The van der Waals surface area contributed by atoms with Crippen molar-refractivity contribution in [1.29, 1.82) is 0 Å². The van der Waals surface area contributed by atoms with Crippen molar-refractivity contribution < 1.29 is 18.0 Å². The predicted molar refractivity (Wildman–Crippen MR) is 84.8 cm³/mol. The third-order valence-corrected chi connectivity index (χ3v) is 4.40. The van der Waals surface area contributed by atoms with Crippen LogP contribution in [-0.4, -0.2) is 10.9 Å². The first-order chi connectivity index (χ1) is 10.7. The largest absolute Gasteiger partial charge is 0.427 e. The Labute approximate surface area is 140 Å². The minimum Gasteiger partial charge on any atom is -0.301 e. The second-order valence-corrected chi connectivity index (χ2v) is 6.76. The van der Waals surface area contributed by atoms with E-state index in [0.29, 0.717) is 22.6 Å². The SMILES string of the molecule is CC(C)[C@H](C(=O)Nc1ncc(C(F)(F)F)s1)c1ccc(Cl)cc1. The van der Waals surface area contributed by atoms with Crippen molar-refractivity contribution >= 4 is 34.0 Å². The molecule has 8 heteroatoms. The van der Waals surface area contributed by atoms with Gasteiger partial charge in [-0.25, -0.2) is 4.98 Å². The van der Waals surface area contributed by atoms with Crippen molar-refractivity contribution in [2.24, 2.45) is 5.92 Å². The Morgan fingerprint density at radius 2 is 1.87 bits per heavy atom. The zero-order valence-electron chi connectivity index (χ0n) is 12.3. The lowest BCUT2D eigenvalue weighted by Crippen LogP contribution is -2.25. The molecule has 0 radical (unpaired) electrons. The van der Waals surface area contributed by atoms with Crippen LogP contribution >= 0.6 is 22.9 Å². The molecule has 0 saturated carbocycles. The van der Waals surface area contributed by atoms with Crippen molar-refractivity contribution in [1.82, 2.24) is 4.98 Å². The number of amides is 1. The third-order valence-electron chi connectivity index (χ3n) is 3.19. The standard InChI is InChI=1S/C15H14ClF3N2OS/c1-8(2)12(9-3-5-10(16)6-4-9)13(22)21-14-20-7-11(23-14)15(17,18)19/h3-8,12H,1-2H3,(H,20,21,22)/t12-/m0/s1. The highest BCUT2D eigenvalue weighted by Crippen LogP contribution is 2.35. The van der Waals surface area contributed by atoms with Crippen molar-refractivity contribution in [2.45, 2.75) is 25.9 Å². The fourth-order valence-corrected chi connectivity index (χ4v) is 2.97. The Morgan fingerprint density at radius 1 is 1.26 bits per heavy atom. The van der Waals surface area contributed by atoms with Gasteiger partial charge in [-0.1, -0.05) is 48.9 Å². The highest BCUT2D eigenvalue weighted by molar-refractivity contribution is 7.15. The number of hydrogen-bond donors (Lipinski definition) is 1. The summed E-state index contributed by atoms with van der Waals surface area (Å²) in [5.74, 6) is -0.950. The number of alkyl halides is 3. The van der Waals surface area contributed by atoms with Gasteiger partial charge in [0.25, 0.3) is 0 Å². The minimum absolute atomic E-state index is 0.0433.